The normalized spacial score (nSPS) is 18.7. The molecule has 2 aromatic carbocycles. The lowest BCUT2D eigenvalue weighted by molar-refractivity contribution is -0.120. The van der Waals surface area contributed by atoms with Gasteiger partial charge in [0.05, 0.1) is 30.4 Å². The van der Waals surface area contributed by atoms with Crippen molar-refractivity contribution < 1.29 is 19.0 Å². The summed E-state index contributed by atoms with van der Waals surface area (Å²) in [5.74, 6) is 1.24. The van der Waals surface area contributed by atoms with E-state index in [1.54, 1.807) is 0 Å². The average molecular weight is 438 g/mol. The highest BCUT2D eigenvalue weighted by molar-refractivity contribution is 5.78. The monoisotopic (exact) mass is 437 g/mol. The molecule has 0 spiro atoms. The third-order valence-corrected chi connectivity index (χ3v) is 5.73. The Morgan fingerprint density at radius 2 is 1.97 bits per heavy atom. The number of benzene rings is 2. The van der Waals surface area contributed by atoms with Gasteiger partial charge in [0, 0.05) is 26.1 Å². The summed E-state index contributed by atoms with van der Waals surface area (Å²) in [7, 11) is 1.96. The summed E-state index contributed by atoms with van der Waals surface area (Å²) >= 11 is 0. The number of hydrogen-bond acceptors (Lipinski definition) is 5. The molecule has 7 nitrogen and oxygen atoms in total. The van der Waals surface area contributed by atoms with Crippen LogP contribution in [-0.2, 0) is 23.2 Å². The molecule has 0 aliphatic heterocycles. The van der Waals surface area contributed by atoms with Gasteiger partial charge in [0.25, 0.3) is 6.01 Å². The molecule has 1 atom stereocenters. The summed E-state index contributed by atoms with van der Waals surface area (Å²) in [4.78, 5) is 15.7. The first-order chi connectivity index (χ1) is 15.5. The summed E-state index contributed by atoms with van der Waals surface area (Å²) in [6.07, 6.45) is 2.17. The fourth-order valence-electron chi connectivity index (χ4n) is 3.92. The number of carbonyl (C=O) groups excluding carboxylic acids is 1. The number of amides is 1. The van der Waals surface area contributed by atoms with Crippen molar-refractivity contribution in [2.75, 3.05) is 13.2 Å². The van der Waals surface area contributed by atoms with Crippen molar-refractivity contribution in [2.24, 2.45) is 13.0 Å². The van der Waals surface area contributed by atoms with Crippen molar-refractivity contribution in [1.82, 2.24) is 14.9 Å². The van der Waals surface area contributed by atoms with Gasteiger partial charge < -0.3 is 19.5 Å². The van der Waals surface area contributed by atoms with Gasteiger partial charge >= 0.3 is 0 Å². The summed E-state index contributed by atoms with van der Waals surface area (Å²) in [6, 6.07) is 16.7. The Morgan fingerprint density at radius 1 is 1.19 bits per heavy atom. The number of aromatic nitrogens is 2. The van der Waals surface area contributed by atoms with Crippen LogP contribution in [-0.4, -0.2) is 40.8 Å². The number of fused-ring (bicyclic) bond motifs is 1. The van der Waals surface area contributed by atoms with Crippen LogP contribution in [0.2, 0.25) is 0 Å². The zero-order valence-electron chi connectivity index (χ0n) is 18.9. The molecule has 3 aromatic rings. The quantitative estimate of drug-likeness (QED) is 0.522. The van der Waals surface area contributed by atoms with Crippen LogP contribution >= 0.6 is 0 Å². The average Bonchev–Trinajstić information content (AvgIpc) is 3.06. The maximum absolute atomic E-state index is 11.1. The summed E-state index contributed by atoms with van der Waals surface area (Å²) in [5.41, 5.74) is 3.00. The highest BCUT2D eigenvalue weighted by Gasteiger charge is 2.31. The Balaban J connectivity index is 1.25. The van der Waals surface area contributed by atoms with E-state index in [1.807, 2.05) is 67.1 Å². The molecule has 0 bridgehead atoms. The van der Waals surface area contributed by atoms with Gasteiger partial charge in [-0.3, -0.25) is 9.36 Å². The van der Waals surface area contributed by atoms with Gasteiger partial charge in [0.2, 0.25) is 5.91 Å². The van der Waals surface area contributed by atoms with E-state index >= 15 is 0 Å². The maximum Gasteiger partial charge on any atom is 0.297 e. The smallest absolute Gasteiger partial charge is 0.297 e. The minimum absolute atomic E-state index is 0.0293. The molecule has 1 N–H and O–H groups in total. The van der Waals surface area contributed by atoms with E-state index in [9.17, 15) is 4.79 Å². The van der Waals surface area contributed by atoms with Crippen LogP contribution in [0.25, 0.3) is 11.0 Å². The Bertz CT molecular complexity index is 1040. The molecule has 32 heavy (non-hydrogen) atoms. The molecule has 170 valence electrons. The lowest BCUT2D eigenvalue weighted by Crippen LogP contribution is -2.40. The molecule has 1 aliphatic carbocycles. The van der Waals surface area contributed by atoms with Crippen molar-refractivity contribution in [3.8, 4) is 11.8 Å². The van der Waals surface area contributed by atoms with Gasteiger partial charge in [-0.2, -0.15) is 4.98 Å². The van der Waals surface area contributed by atoms with Crippen molar-refractivity contribution in [2.45, 2.75) is 45.4 Å². The van der Waals surface area contributed by atoms with Crippen LogP contribution in [0.4, 0.5) is 0 Å². The molecule has 1 saturated carbocycles. The third-order valence-electron chi connectivity index (χ3n) is 5.73. The molecular formula is C25H31N3O4. The van der Waals surface area contributed by atoms with E-state index in [2.05, 4.69) is 10.3 Å². The summed E-state index contributed by atoms with van der Waals surface area (Å²) in [6.45, 7) is 5.16. The van der Waals surface area contributed by atoms with Gasteiger partial charge in [-0.05, 0) is 43.4 Å². The molecule has 0 radical (unpaired) electrons. The van der Waals surface area contributed by atoms with Crippen LogP contribution in [0.5, 0.6) is 11.8 Å². The Kier molecular flexibility index (Phi) is 6.95. The second-order valence-electron chi connectivity index (χ2n) is 8.58. The number of ether oxygens (including phenoxy) is 3. The first-order valence-electron chi connectivity index (χ1n) is 11.1. The van der Waals surface area contributed by atoms with Crippen LogP contribution in [0.3, 0.4) is 0 Å². The number of carbonyl (C=O) groups is 1. The molecule has 1 fully saturated rings. The highest BCUT2D eigenvalue weighted by Crippen LogP contribution is 2.31. The zero-order valence-corrected chi connectivity index (χ0v) is 18.9. The molecular weight excluding hydrogens is 406 g/mol. The van der Waals surface area contributed by atoms with E-state index in [4.69, 9.17) is 14.2 Å². The Labute approximate surface area is 188 Å². The molecule has 1 amide bonds. The molecule has 1 aromatic heterocycles. The van der Waals surface area contributed by atoms with Gasteiger partial charge in [0.1, 0.15) is 12.4 Å². The van der Waals surface area contributed by atoms with E-state index in [1.165, 1.54) is 6.92 Å². The first-order valence-corrected chi connectivity index (χ1v) is 11.1. The number of hydrogen-bond donors (Lipinski definition) is 1. The summed E-state index contributed by atoms with van der Waals surface area (Å²) < 4.78 is 19.8. The largest absolute Gasteiger partial charge is 0.489 e. The molecule has 1 aliphatic rings. The second kappa shape index (κ2) is 10.0. The number of nitrogens with one attached hydrogen (secondary N) is 1. The van der Waals surface area contributed by atoms with Gasteiger partial charge in [0.15, 0.2) is 0 Å². The van der Waals surface area contributed by atoms with Crippen molar-refractivity contribution >= 4 is 16.9 Å². The van der Waals surface area contributed by atoms with Gasteiger partial charge in [-0.25, -0.2) is 0 Å². The highest BCUT2D eigenvalue weighted by atomic mass is 16.5. The third kappa shape index (κ3) is 5.59. The fourth-order valence-corrected chi connectivity index (χ4v) is 3.92. The predicted molar refractivity (Wildman–Crippen MR) is 123 cm³/mol. The van der Waals surface area contributed by atoms with Crippen LogP contribution in [0, 0.1) is 5.92 Å². The Hall–Kier alpha value is -3.06. The van der Waals surface area contributed by atoms with E-state index < -0.39 is 0 Å². The minimum atomic E-state index is -0.0293. The molecule has 0 unspecified atom stereocenters. The van der Waals surface area contributed by atoms with Crippen molar-refractivity contribution in [3.63, 3.8) is 0 Å². The molecule has 1 heterocycles. The molecule has 7 heteroatoms. The lowest BCUT2D eigenvalue weighted by Gasteiger charge is -2.35. The number of nitrogens with zero attached hydrogens (tertiary/aromatic N) is 2. The lowest BCUT2D eigenvalue weighted by atomic mass is 9.83. The standard InChI is InChI=1S/C25H31N3O4/c1-17(26-18(2)29)14-30-22-11-20(12-22)16-32-25-27-23-10-9-21(13-24(23)28(25)3)31-15-19-7-5-4-6-8-19/h4-10,13,17,20,22H,11-12,14-16H2,1-3H3,(H,26,29)/t17-,20?,22?/m0/s1. The minimum Gasteiger partial charge on any atom is -0.489 e. The zero-order chi connectivity index (χ0) is 22.5. The maximum atomic E-state index is 11.1. The Morgan fingerprint density at radius 3 is 2.72 bits per heavy atom. The number of imidazole rings is 1. The van der Waals surface area contributed by atoms with E-state index in [0.717, 1.165) is 35.2 Å². The number of aryl methyl sites for hydroxylation is 1. The van der Waals surface area contributed by atoms with Crippen LogP contribution < -0.4 is 14.8 Å². The SMILES string of the molecule is CC(=O)N[C@@H](C)COC1CC(COc2nc3ccc(OCc4ccccc4)cc3n2C)C1. The van der Waals surface area contributed by atoms with E-state index in [0.29, 0.717) is 31.7 Å². The molecule has 4 rings (SSSR count). The van der Waals surface area contributed by atoms with E-state index in [-0.39, 0.29) is 18.1 Å². The second-order valence-corrected chi connectivity index (χ2v) is 8.58. The number of rotatable bonds is 10. The topological polar surface area (TPSA) is 74.6 Å². The van der Waals surface area contributed by atoms with Crippen molar-refractivity contribution in [3.05, 3.63) is 54.1 Å². The van der Waals surface area contributed by atoms with Gasteiger partial charge in [-0.1, -0.05) is 30.3 Å². The fraction of sp³-hybridized carbons (Fsp3) is 0.440. The van der Waals surface area contributed by atoms with Gasteiger partial charge in [-0.15, -0.1) is 0 Å². The van der Waals surface area contributed by atoms with Crippen LogP contribution in [0.1, 0.15) is 32.3 Å². The first kappa shape index (κ1) is 22.1. The summed E-state index contributed by atoms with van der Waals surface area (Å²) in [5, 5.41) is 2.83. The van der Waals surface area contributed by atoms with Crippen molar-refractivity contribution in [1.29, 1.82) is 0 Å². The molecule has 0 saturated heterocycles. The van der Waals surface area contributed by atoms with Crippen LogP contribution in [0.15, 0.2) is 48.5 Å². The predicted octanol–water partition coefficient (Wildman–Crippen LogP) is 3.85.